The number of hydrogen-bond donors (Lipinski definition) is 0. The third-order valence-electron chi connectivity index (χ3n) is 9.08. The number of hydrogen-bond acceptors (Lipinski definition) is 8. The van der Waals surface area contributed by atoms with Crippen molar-refractivity contribution in [2.45, 2.75) is 51.4 Å². The molecule has 2 fully saturated rings. The zero-order valence-electron chi connectivity index (χ0n) is 22.3. The van der Waals surface area contributed by atoms with Crippen LogP contribution in [0.25, 0.3) is 17.2 Å². The van der Waals surface area contributed by atoms with Crippen molar-refractivity contribution in [1.82, 2.24) is 34.9 Å². The van der Waals surface area contributed by atoms with E-state index in [0.29, 0.717) is 18.2 Å². The van der Waals surface area contributed by atoms with Crippen molar-refractivity contribution in [2.24, 2.45) is 11.3 Å². The summed E-state index contributed by atoms with van der Waals surface area (Å²) in [5.41, 5.74) is 2.42. The second kappa shape index (κ2) is 8.42. The molecule has 0 N–H and O–H groups in total. The standard InChI is InChI=1S/C28H27F2N7O2S/c1-15-9-22(33-26(32-15)37-14-31-23(36-37)10-16-12-40(38,39)13-16)28-8-7-18(27(28,2)3)17-11-21(34-35-25(17)28)24-19(29)5-4-6-20(24)30/h4-6,9,11,14,16,18H,7-8,10,12-13H2,1-3H3/t18-,28-/m0/s1. The minimum Gasteiger partial charge on any atom is -0.229 e. The van der Waals surface area contributed by atoms with Crippen LogP contribution in [0.3, 0.4) is 0 Å². The first-order valence-corrected chi connectivity index (χ1v) is 15.1. The largest absolute Gasteiger partial charge is 0.252 e. The number of aryl methyl sites for hydroxylation is 1. The topological polar surface area (TPSA) is 116 Å². The molecule has 4 heterocycles. The molecule has 0 amide bonds. The van der Waals surface area contributed by atoms with Crippen molar-refractivity contribution in [2.75, 3.05) is 11.5 Å². The van der Waals surface area contributed by atoms with Gasteiger partial charge in [0.25, 0.3) is 5.95 Å². The number of rotatable bonds is 5. The molecule has 1 saturated carbocycles. The molecule has 0 radical (unpaired) electrons. The number of sulfone groups is 1. The number of nitrogens with zero attached hydrogens (tertiary/aromatic N) is 7. The normalized spacial score (nSPS) is 24.2. The molecule has 2 atom stereocenters. The average Bonchev–Trinajstić information content (AvgIpc) is 3.50. The van der Waals surface area contributed by atoms with Crippen LogP contribution >= 0.6 is 0 Å². The van der Waals surface area contributed by atoms with Gasteiger partial charge in [0.05, 0.1) is 39.6 Å². The summed E-state index contributed by atoms with van der Waals surface area (Å²) in [6.45, 7) is 6.27. The molecule has 40 heavy (non-hydrogen) atoms. The van der Waals surface area contributed by atoms with Crippen LogP contribution in [-0.2, 0) is 21.7 Å². The van der Waals surface area contributed by atoms with Crippen LogP contribution in [0.5, 0.6) is 0 Å². The van der Waals surface area contributed by atoms with E-state index in [2.05, 4.69) is 39.1 Å². The second-order valence-electron chi connectivity index (χ2n) is 11.8. The quantitative estimate of drug-likeness (QED) is 0.359. The van der Waals surface area contributed by atoms with Gasteiger partial charge in [-0.15, -0.1) is 10.2 Å². The van der Waals surface area contributed by atoms with Crippen LogP contribution < -0.4 is 0 Å². The smallest absolute Gasteiger partial charge is 0.229 e. The van der Waals surface area contributed by atoms with Crippen molar-refractivity contribution in [1.29, 1.82) is 0 Å². The van der Waals surface area contributed by atoms with Gasteiger partial charge < -0.3 is 0 Å². The molecule has 3 aromatic heterocycles. The lowest BCUT2D eigenvalue weighted by molar-refractivity contribution is 0.242. The summed E-state index contributed by atoms with van der Waals surface area (Å²) in [6.07, 6.45) is 3.71. The highest BCUT2D eigenvalue weighted by Gasteiger charge is 2.65. The fraction of sp³-hybridized carbons (Fsp3) is 0.429. The molecule has 3 aliphatic rings. The monoisotopic (exact) mass is 563 g/mol. The summed E-state index contributed by atoms with van der Waals surface area (Å²) in [6, 6.07) is 7.53. The van der Waals surface area contributed by atoms with Crippen LogP contribution in [0.4, 0.5) is 8.78 Å². The molecule has 9 nitrogen and oxygen atoms in total. The maximum atomic E-state index is 14.6. The number of benzene rings is 1. The third kappa shape index (κ3) is 3.57. The molecule has 206 valence electrons. The summed E-state index contributed by atoms with van der Waals surface area (Å²) in [5.74, 6) is 0.0466. The molecular weight excluding hydrogens is 536 g/mol. The van der Waals surface area contributed by atoms with Crippen LogP contribution in [0, 0.1) is 29.9 Å². The maximum absolute atomic E-state index is 14.6. The van der Waals surface area contributed by atoms with Crippen molar-refractivity contribution in [3.8, 4) is 17.2 Å². The fourth-order valence-electron chi connectivity index (χ4n) is 7.16. The molecule has 1 aliphatic heterocycles. The van der Waals surface area contributed by atoms with E-state index >= 15 is 0 Å². The van der Waals surface area contributed by atoms with Crippen molar-refractivity contribution < 1.29 is 17.2 Å². The van der Waals surface area contributed by atoms with E-state index in [1.807, 2.05) is 13.0 Å². The summed E-state index contributed by atoms with van der Waals surface area (Å²) in [4.78, 5) is 14.0. The van der Waals surface area contributed by atoms with Gasteiger partial charge in [0.1, 0.15) is 18.0 Å². The summed E-state index contributed by atoms with van der Waals surface area (Å²) >= 11 is 0. The number of halogens is 2. The molecule has 2 aliphatic carbocycles. The molecule has 4 aromatic rings. The Balaban J connectivity index is 1.29. The van der Waals surface area contributed by atoms with Crippen molar-refractivity contribution >= 4 is 9.84 Å². The van der Waals surface area contributed by atoms with E-state index in [9.17, 15) is 17.2 Å². The molecule has 0 spiro atoms. The fourth-order valence-corrected chi connectivity index (χ4v) is 8.74. The molecule has 12 heteroatoms. The van der Waals surface area contributed by atoms with E-state index in [4.69, 9.17) is 4.98 Å². The van der Waals surface area contributed by atoms with Gasteiger partial charge in [0.15, 0.2) is 15.7 Å². The van der Waals surface area contributed by atoms with Gasteiger partial charge in [0.2, 0.25) is 0 Å². The van der Waals surface area contributed by atoms with Crippen LogP contribution in [0.1, 0.15) is 61.1 Å². The van der Waals surface area contributed by atoms with Gasteiger partial charge in [-0.2, -0.15) is 9.78 Å². The van der Waals surface area contributed by atoms with Gasteiger partial charge in [-0.05, 0) is 66.8 Å². The van der Waals surface area contributed by atoms with E-state index in [0.717, 1.165) is 35.5 Å². The second-order valence-corrected chi connectivity index (χ2v) is 13.9. The first-order valence-electron chi connectivity index (χ1n) is 13.3. The highest BCUT2D eigenvalue weighted by molar-refractivity contribution is 7.92. The Morgan fingerprint density at radius 3 is 2.55 bits per heavy atom. The molecule has 1 aromatic carbocycles. The highest BCUT2D eigenvalue weighted by Crippen LogP contribution is 2.69. The first kappa shape index (κ1) is 25.3. The van der Waals surface area contributed by atoms with E-state index < -0.39 is 26.9 Å². The highest BCUT2D eigenvalue weighted by atomic mass is 32.2. The van der Waals surface area contributed by atoms with Crippen molar-refractivity contribution in [3.05, 3.63) is 76.8 Å². The molecule has 7 rings (SSSR count). The first-order chi connectivity index (χ1) is 19.0. The molecule has 0 unspecified atom stereocenters. The lowest BCUT2D eigenvalue weighted by Crippen LogP contribution is -2.38. The molecule has 1 saturated heterocycles. The molecule has 2 bridgehead atoms. The van der Waals surface area contributed by atoms with Gasteiger partial charge in [0, 0.05) is 12.1 Å². The zero-order valence-corrected chi connectivity index (χ0v) is 23.1. The minimum atomic E-state index is -2.92. The average molecular weight is 564 g/mol. The third-order valence-corrected chi connectivity index (χ3v) is 11.0. The Labute approximate surface area is 230 Å². The predicted molar refractivity (Wildman–Crippen MR) is 141 cm³/mol. The van der Waals surface area contributed by atoms with Crippen molar-refractivity contribution in [3.63, 3.8) is 0 Å². The summed E-state index contributed by atoms with van der Waals surface area (Å²) < 4.78 is 53.8. The van der Waals surface area contributed by atoms with Gasteiger partial charge in [-0.3, -0.25) is 0 Å². The Morgan fingerprint density at radius 1 is 1.07 bits per heavy atom. The van der Waals surface area contributed by atoms with Gasteiger partial charge in [-0.25, -0.2) is 32.2 Å². The Morgan fingerprint density at radius 2 is 1.82 bits per heavy atom. The maximum Gasteiger partial charge on any atom is 0.252 e. The Bertz CT molecular complexity index is 1770. The van der Waals surface area contributed by atoms with E-state index in [1.54, 1.807) is 12.4 Å². The number of fused-ring (bicyclic) bond motifs is 5. The SMILES string of the molecule is Cc1cc([C@@]23CC[C@@H](c4cc(-c5c(F)cccc5F)nnc42)C3(C)C)nc(-n2cnc(CC3CS(=O)(=O)C3)n2)n1. The lowest BCUT2D eigenvalue weighted by atomic mass is 9.66. The molecular formula is C28H27F2N7O2S. The van der Waals surface area contributed by atoms with Gasteiger partial charge in [-0.1, -0.05) is 19.9 Å². The zero-order chi connectivity index (χ0) is 28.0. The summed E-state index contributed by atoms with van der Waals surface area (Å²) in [7, 11) is -2.92. The summed E-state index contributed by atoms with van der Waals surface area (Å²) in [5, 5.41) is 13.5. The van der Waals surface area contributed by atoms with Crippen LogP contribution in [0.15, 0.2) is 36.7 Å². The number of aromatic nitrogens is 7. The van der Waals surface area contributed by atoms with Gasteiger partial charge >= 0.3 is 0 Å². The van der Waals surface area contributed by atoms with Crippen LogP contribution in [0.2, 0.25) is 0 Å². The van der Waals surface area contributed by atoms with E-state index in [-0.39, 0.29) is 40.0 Å². The minimum absolute atomic E-state index is 0.0289. The predicted octanol–water partition coefficient (Wildman–Crippen LogP) is 3.89. The van der Waals surface area contributed by atoms with E-state index in [1.165, 1.54) is 22.9 Å². The van der Waals surface area contributed by atoms with Crippen LogP contribution in [-0.4, -0.2) is 54.9 Å². The lowest BCUT2D eigenvalue weighted by Gasteiger charge is -2.37. The Kier molecular flexibility index (Phi) is 5.33. The Hall–Kier alpha value is -3.67.